The number of rotatable bonds is 7. The molecule has 0 spiro atoms. The Morgan fingerprint density at radius 2 is 1.80 bits per heavy atom. The van der Waals surface area contributed by atoms with Crippen molar-refractivity contribution in [2.75, 3.05) is 11.9 Å². The summed E-state index contributed by atoms with van der Waals surface area (Å²) in [4.78, 5) is 32.8. The van der Waals surface area contributed by atoms with Crippen LogP contribution in [0.25, 0.3) is 0 Å². The van der Waals surface area contributed by atoms with Gasteiger partial charge >= 0.3 is 0 Å². The van der Waals surface area contributed by atoms with E-state index in [0.717, 1.165) is 24.0 Å². The van der Waals surface area contributed by atoms with Gasteiger partial charge in [0.05, 0.1) is 17.5 Å². The van der Waals surface area contributed by atoms with Crippen LogP contribution in [-0.2, 0) is 9.59 Å². The Bertz CT molecular complexity index is 957. The third-order valence-electron chi connectivity index (χ3n) is 5.71. The number of carbonyl (C=O) groups excluding carboxylic acids is 2. The normalized spacial score (nSPS) is 20.8. The summed E-state index contributed by atoms with van der Waals surface area (Å²) >= 11 is 0. The van der Waals surface area contributed by atoms with Crippen molar-refractivity contribution < 1.29 is 14.7 Å². The van der Waals surface area contributed by atoms with E-state index < -0.39 is 29.4 Å². The number of fused-ring (bicyclic) bond motifs is 1. The SMILES string of the molecule is CCCC[C@H](O)[C@@H](C)C(=O)C1(N)N=C(c2ccccc2)c2ccccc2N(C)C1=O. The highest BCUT2D eigenvalue weighted by Gasteiger charge is 2.49. The molecular formula is C24H29N3O3. The van der Waals surface area contributed by atoms with E-state index in [9.17, 15) is 14.7 Å². The molecule has 1 aliphatic rings. The Hall–Kier alpha value is -2.83. The summed E-state index contributed by atoms with van der Waals surface area (Å²) < 4.78 is 0. The summed E-state index contributed by atoms with van der Waals surface area (Å²) in [5.41, 5.74) is 6.94. The number of carbonyl (C=O) groups is 2. The number of unbranched alkanes of at least 4 members (excludes halogenated alkanes) is 1. The van der Waals surface area contributed by atoms with E-state index in [-0.39, 0.29) is 0 Å². The number of benzene rings is 2. The lowest BCUT2D eigenvalue weighted by Crippen LogP contribution is -2.61. The van der Waals surface area contributed by atoms with Crippen LogP contribution in [-0.4, -0.2) is 41.3 Å². The number of hydrogen-bond acceptors (Lipinski definition) is 5. The number of Topliss-reactive ketones (excluding diaryl/α,β-unsaturated/α-hetero) is 1. The second kappa shape index (κ2) is 8.90. The van der Waals surface area contributed by atoms with Gasteiger partial charge in [-0.2, -0.15) is 0 Å². The van der Waals surface area contributed by atoms with Gasteiger partial charge in [0.25, 0.3) is 5.91 Å². The van der Waals surface area contributed by atoms with Gasteiger partial charge < -0.3 is 10.0 Å². The molecule has 0 saturated heterocycles. The Labute approximate surface area is 177 Å². The molecule has 1 aliphatic heterocycles. The minimum absolute atomic E-state index is 0.471. The number of nitrogens with zero attached hydrogens (tertiary/aromatic N) is 2. The molecule has 6 heteroatoms. The molecule has 6 nitrogen and oxygen atoms in total. The lowest BCUT2D eigenvalue weighted by molar-refractivity contribution is -0.138. The van der Waals surface area contributed by atoms with Gasteiger partial charge in [-0.1, -0.05) is 75.2 Å². The number of nitrogens with two attached hydrogens (primary N) is 1. The maximum atomic E-state index is 13.4. The zero-order valence-electron chi connectivity index (χ0n) is 17.7. The molecule has 0 aliphatic carbocycles. The van der Waals surface area contributed by atoms with Gasteiger partial charge in [-0.05, 0) is 12.5 Å². The van der Waals surface area contributed by atoms with Crippen molar-refractivity contribution in [3.05, 3.63) is 65.7 Å². The standard InChI is InChI=1S/C24H29N3O3/c1-4-5-15-20(28)16(2)22(29)24(25)23(30)27(3)19-14-10-9-13-18(19)21(26-24)17-11-7-6-8-12-17/h6-14,16,20,28H,4-5,15,25H2,1-3H3/t16-,20+,24?/m1/s1. The third kappa shape index (κ3) is 3.93. The molecule has 3 N–H and O–H groups in total. The molecule has 30 heavy (non-hydrogen) atoms. The lowest BCUT2D eigenvalue weighted by atomic mass is 9.87. The molecule has 2 aromatic carbocycles. The number of aliphatic imine (C=N–C) groups is 1. The van der Waals surface area contributed by atoms with Crippen LogP contribution >= 0.6 is 0 Å². The first-order chi connectivity index (χ1) is 14.3. The quantitative estimate of drug-likeness (QED) is 0.690. The number of para-hydroxylation sites is 1. The molecule has 1 unspecified atom stereocenters. The second-order valence-corrected chi connectivity index (χ2v) is 7.84. The first-order valence-electron chi connectivity index (χ1n) is 10.3. The summed E-state index contributed by atoms with van der Waals surface area (Å²) in [5, 5.41) is 10.5. The third-order valence-corrected chi connectivity index (χ3v) is 5.71. The summed E-state index contributed by atoms with van der Waals surface area (Å²) in [6, 6.07) is 16.7. The van der Waals surface area contributed by atoms with E-state index in [2.05, 4.69) is 4.99 Å². The van der Waals surface area contributed by atoms with E-state index in [4.69, 9.17) is 5.73 Å². The number of aliphatic hydroxyl groups is 1. The molecule has 1 amide bonds. The minimum atomic E-state index is -2.12. The van der Waals surface area contributed by atoms with Gasteiger partial charge in [0, 0.05) is 24.1 Å². The van der Waals surface area contributed by atoms with Crippen molar-refractivity contribution in [3.63, 3.8) is 0 Å². The molecule has 1 heterocycles. The van der Waals surface area contributed by atoms with Gasteiger partial charge in [0.2, 0.25) is 5.66 Å². The van der Waals surface area contributed by atoms with Crippen molar-refractivity contribution in [1.29, 1.82) is 0 Å². The van der Waals surface area contributed by atoms with Gasteiger partial charge in [-0.3, -0.25) is 15.3 Å². The predicted molar refractivity (Wildman–Crippen MR) is 119 cm³/mol. The second-order valence-electron chi connectivity index (χ2n) is 7.84. The number of aliphatic hydroxyl groups excluding tert-OH is 1. The number of benzodiazepines with no additional fused rings is 1. The first kappa shape index (κ1) is 21.9. The molecule has 0 radical (unpaired) electrons. The van der Waals surface area contributed by atoms with Crippen molar-refractivity contribution in [2.24, 2.45) is 16.6 Å². The summed E-state index contributed by atoms with van der Waals surface area (Å²) in [6.07, 6.45) is 1.28. The first-order valence-corrected chi connectivity index (χ1v) is 10.3. The van der Waals surface area contributed by atoms with Crippen LogP contribution in [0, 0.1) is 5.92 Å². The van der Waals surface area contributed by atoms with Crippen molar-refractivity contribution >= 4 is 23.1 Å². The van der Waals surface area contributed by atoms with Crippen LogP contribution < -0.4 is 10.6 Å². The highest BCUT2D eigenvalue weighted by Crippen LogP contribution is 2.31. The highest BCUT2D eigenvalue weighted by molar-refractivity contribution is 6.25. The van der Waals surface area contributed by atoms with Crippen LogP contribution in [0.4, 0.5) is 5.69 Å². The minimum Gasteiger partial charge on any atom is -0.392 e. The molecule has 0 aromatic heterocycles. The number of likely N-dealkylation sites (N-methyl/N-ethyl adjacent to an activating group) is 1. The molecular weight excluding hydrogens is 378 g/mol. The van der Waals surface area contributed by atoms with Gasteiger partial charge in [0.15, 0.2) is 5.78 Å². The fraction of sp³-hybridized carbons (Fsp3) is 0.375. The van der Waals surface area contributed by atoms with Crippen molar-refractivity contribution in [2.45, 2.75) is 44.9 Å². The molecule has 0 bridgehead atoms. The van der Waals surface area contributed by atoms with Crippen molar-refractivity contribution in [1.82, 2.24) is 0 Å². The average molecular weight is 408 g/mol. The Kier molecular flexibility index (Phi) is 6.48. The van der Waals surface area contributed by atoms with E-state index in [1.807, 2.05) is 55.5 Å². The molecule has 3 atom stereocenters. The average Bonchev–Trinajstić information content (AvgIpc) is 2.87. The van der Waals surface area contributed by atoms with E-state index in [1.165, 1.54) is 4.90 Å². The Morgan fingerprint density at radius 3 is 2.47 bits per heavy atom. The zero-order chi connectivity index (χ0) is 21.9. The number of anilines is 1. The van der Waals surface area contributed by atoms with Crippen LogP contribution in [0.3, 0.4) is 0 Å². The number of amides is 1. The van der Waals surface area contributed by atoms with Crippen LogP contribution in [0.5, 0.6) is 0 Å². The summed E-state index contributed by atoms with van der Waals surface area (Å²) in [5.74, 6) is -2.01. The monoisotopic (exact) mass is 407 g/mol. The van der Waals surface area contributed by atoms with Crippen molar-refractivity contribution in [3.8, 4) is 0 Å². The van der Waals surface area contributed by atoms with Crippen LogP contribution in [0.15, 0.2) is 59.6 Å². The lowest BCUT2D eigenvalue weighted by Gasteiger charge is -2.30. The smallest absolute Gasteiger partial charge is 0.277 e. The van der Waals surface area contributed by atoms with Crippen LogP contribution in [0.1, 0.15) is 44.2 Å². The Morgan fingerprint density at radius 1 is 1.17 bits per heavy atom. The number of hydrogen-bond donors (Lipinski definition) is 2. The Balaban J connectivity index is 2.14. The van der Waals surface area contributed by atoms with E-state index >= 15 is 0 Å². The fourth-order valence-corrected chi connectivity index (χ4v) is 3.78. The number of ketones is 1. The van der Waals surface area contributed by atoms with E-state index in [0.29, 0.717) is 17.8 Å². The van der Waals surface area contributed by atoms with Gasteiger partial charge in [-0.15, -0.1) is 0 Å². The zero-order valence-corrected chi connectivity index (χ0v) is 17.7. The van der Waals surface area contributed by atoms with Crippen LogP contribution in [0.2, 0.25) is 0 Å². The van der Waals surface area contributed by atoms with Gasteiger partial charge in [-0.25, -0.2) is 4.99 Å². The highest BCUT2D eigenvalue weighted by atomic mass is 16.3. The molecule has 158 valence electrons. The molecule has 0 fully saturated rings. The van der Waals surface area contributed by atoms with Gasteiger partial charge in [0.1, 0.15) is 0 Å². The van der Waals surface area contributed by atoms with E-state index in [1.54, 1.807) is 20.0 Å². The molecule has 2 aromatic rings. The molecule has 0 saturated carbocycles. The maximum Gasteiger partial charge on any atom is 0.277 e. The largest absolute Gasteiger partial charge is 0.392 e. The summed E-state index contributed by atoms with van der Waals surface area (Å²) in [6.45, 7) is 3.63. The maximum absolute atomic E-state index is 13.4. The summed E-state index contributed by atoms with van der Waals surface area (Å²) in [7, 11) is 1.59. The predicted octanol–water partition coefficient (Wildman–Crippen LogP) is 2.91. The fourth-order valence-electron chi connectivity index (χ4n) is 3.78. The molecule has 3 rings (SSSR count). The topological polar surface area (TPSA) is 96.0 Å².